The van der Waals surface area contributed by atoms with Gasteiger partial charge in [-0.2, -0.15) is 0 Å². The minimum absolute atomic E-state index is 0.0302. The van der Waals surface area contributed by atoms with E-state index in [4.69, 9.17) is 14.0 Å². The molecule has 0 unspecified atom stereocenters. The monoisotopic (exact) mass is 322 g/mol. The fourth-order valence-corrected chi connectivity index (χ4v) is 2.40. The molecule has 0 atom stereocenters. The van der Waals surface area contributed by atoms with Crippen LogP contribution in [0.5, 0.6) is 5.75 Å². The van der Waals surface area contributed by atoms with Crippen molar-refractivity contribution in [3.05, 3.63) is 22.2 Å². The lowest BCUT2D eigenvalue weighted by atomic mass is 9.78. The van der Waals surface area contributed by atoms with E-state index < -0.39 is 23.2 Å². The van der Waals surface area contributed by atoms with Gasteiger partial charge in [-0.25, -0.2) is 0 Å². The van der Waals surface area contributed by atoms with Crippen molar-refractivity contribution in [3.8, 4) is 5.75 Å². The second-order valence-electron chi connectivity index (χ2n) is 6.49. The molecule has 2 rings (SSSR count). The first-order chi connectivity index (χ1) is 10.6. The van der Waals surface area contributed by atoms with Crippen molar-refractivity contribution in [3.63, 3.8) is 0 Å². The number of hydrogen-bond donors (Lipinski definition) is 1. The first kappa shape index (κ1) is 17.6. The molecule has 1 aliphatic heterocycles. The molecule has 0 spiro atoms. The average molecular weight is 322 g/mol. The average Bonchev–Trinajstić information content (AvgIpc) is 2.66. The molecule has 0 amide bonds. The number of nitro benzene ring substituents is 1. The van der Waals surface area contributed by atoms with E-state index in [0.717, 1.165) is 0 Å². The molecule has 8 heteroatoms. The standard InChI is InChI=1S/C15H23BN2O5/c1-7-17-11-9-13(21-6)10(8-12(11)18(19)20)16-22-14(2,3)15(4,5)23-16/h8-9,17H,7H2,1-6H3. The van der Waals surface area contributed by atoms with E-state index in [2.05, 4.69) is 5.32 Å². The van der Waals surface area contributed by atoms with Crippen LogP contribution in [-0.2, 0) is 9.31 Å². The number of nitro groups is 1. The highest BCUT2D eigenvalue weighted by Gasteiger charge is 2.52. The van der Waals surface area contributed by atoms with E-state index in [1.165, 1.54) is 13.2 Å². The Morgan fingerprint density at radius 2 is 1.83 bits per heavy atom. The summed E-state index contributed by atoms with van der Waals surface area (Å²) in [6, 6.07) is 3.07. The second-order valence-corrected chi connectivity index (χ2v) is 6.49. The molecule has 126 valence electrons. The number of benzene rings is 1. The molecule has 23 heavy (non-hydrogen) atoms. The highest BCUT2D eigenvalue weighted by Crippen LogP contribution is 2.38. The topological polar surface area (TPSA) is 82.9 Å². The van der Waals surface area contributed by atoms with Gasteiger partial charge in [-0.1, -0.05) is 0 Å². The predicted octanol–water partition coefficient (Wildman–Crippen LogP) is 2.33. The summed E-state index contributed by atoms with van der Waals surface area (Å²) < 4.78 is 17.4. The van der Waals surface area contributed by atoms with E-state index in [1.54, 1.807) is 6.07 Å². The molecule has 0 bridgehead atoms. The largest absolute Gasteiger partial charge is 0.498 e. The molecule has 0 radical (unpaired) electrons. The van der Waals surface area contributed by atoms with E-state index in [9.17, 15) is 10.1 Å². The Labute approximate surface area is 136 Å². The minimum atomic E-state index is -0.718. The maximum absolute atomic E-state index is 11.4. The van der Waals surface area contributed by atoms with Crippen molar-refractivity contribution < 1.29 is 19.0 Å². The Bertz CT molecular complexity index is 602. The molecule has 1 saturated heterocycles. The molecule has 1 N–H and O–H groups in total. The Balaban J connectivity index is 2.50. The van der Waals surface area contributed by atoms with Crippen LogP contribution in [0.15, 0.2) is 12.1 Å². The number of methoxy groups -OCH3 is 1. The predicted molar refractivity (Wildman–Crippen MR) is 89.5 cm³/mol. The van der Waals surface area contributed by atoms with Crippen LogP contribution in [0.3, 0.4) is 0 Å². The molecule has 1 aromatic carbocycles. The Kier molecular flexibility index (Phi) is 4.59. The third-order valence-corrected chi connectivity index (χ3v) is 4.42. The molecular weight excluding hydrogens is 299 g/mol. The van der Waals surface area contributed by atoms with Crippen molar-refractivity contribution in [2.45, 2.75) is 45.8 Å². The smallest absolute Gasteiger partial charge is 0.497 e. The molecule has 1 heterocycles. The summed E-state index contributed by atoms with van der Waals surface area (Å²) in [4.78, 5) is 10.9. The van der Waals surface area contributed by atoms with E-state index in [0.29, 0.717) is 23.4 Å². The first-order valence-electron chi connectivity index (χ1n) is 7.58. The van der Waals surface area contributed by atoms with Crippen LogP contribution >= 0.6 is 0 Å². The lowest BCUT2D eigenvalue weighted by Gasteiger charge is -2.32. The van der Waals surface area contributed by atoms with Crippen LogP contribution in [0.4, 0.5) is 11.4 Å². The van der Waals surface area contributed by atoms with Crippen LogP contribution in [0.1, 0.15) is 34.6 Å². The maximum atomic E-state index is 11.4. The van der Waals surface area contributed by atoms with Crippen molar-refractivity contribution in [2.75, 3.05) is 19.0 Å². The summed E-state index contributed by atoms with van der Waals surface area (Å²) in [6.45, 7) is 10.2. The van der Waals surface area contributed by atoms with Gasteiger partial charge in [0.05, 0.1) is 23.2 Å². The fraction of sp³-hybridized carbons (Fsp3) is 0.600. The van der Waals surface area contributed by atoms with Crippen LogP contribution in [0.25, 0.3) is 0 Å². The normalized spacial score (nSPS) is 18.8. The zero-order valence-corrected chi connectivity index (χ0v) is 14.4. The number of nitrogens with zero attached hydrogens (tertiary/aromatic N) is 1. The number of nitrogens with one attached hydrogen (secondary N) is 1. The first-order valence-corrected chi connectivity index (χ1v) is 7.58. The molecule has 1 fully saturated rings. The number of hydrogen-bond acceptors (Lipinski definition) is 6. The van der Waals surface area contributed by atoms with Gasteiger partial charge in [0.2, 0.25) is 0 Å². The molecule has 1 aromatic rings. The van der Waals surface area contributed by atoms with Crippen molar-refractivity contribution in [1.82, 2.24) is 0 Å². The van der Waals surface area contributed by atoms with Gasteiger partial charge in [-0.3, -0.25) is 10.1 Å². The number of ether oxygens (including phenoxy) is 1. The molecule has 1 aliphatic rings. The van der Waals surface area contributed by atoms with Gasteiger partial charge in [-0.15, -0.1) is 0 Å². The fourth-order valence-electron chi connectivity index (χ4n) is 2.40. The van der Waals surface area contributed by atoms with Gasteiger partial charge in [0, 0.05) is 24.1 Å². The summed E-state index contributed by atoms with van der Waals surface area (Å²) in [6.07, 6.45) is 0. The van der Waals surface area contributed by atoms with Gasteiger partial charge in [0.25, 0.3) is 5.69 Å². The highest BCUT2D eigenvalue weighted by molar-refractivity contribution is 6.63. The van der Waals surface area contributed by atoms with Crippen LogP contribution in [0, 0.1) is 10.1 Å². The molecule has 7 nitrogen and oxygen atoms in total. The minimum Gasteiger partial charge on any atom is -0.497 e. The maximum Gasteiger partial charge on any atom is 0.498 e. The summed E-state index contributed by atoms with van der Waals surface area (Å²) in [5.74, 6) is 0.491. The third-order valence-electron chi connectivity index (χ3n) is 4.42. The molecule has 0 aromatic heterocycles. The van der Waals surface area contributed by atoms with Gasteiger partial charge in [0.15, 0.2) is 0 Å². The Morgan fingerprint density at radius 3 is 2.26 bits per heavy atom. The number of rotatable bonds is 5. The van der Waals surface area contributed by atoms with Crippen molar-refractivity contribution in [1.29, 1.82) is 0 Å². The van der Waals surface area contributed by atoms with E-state index in [1.807, 2.05) is 34.6 Å². The van der Waals surface area contributed by atoms with Crippen LogP contribution in [0.2, 0.25) is 0 Å². The SMILES string of the molecule is CCNc1cc(OC)c(B2OC(C)(C)C(C)(C)O2)cc1[N+](=O)[O-]. The zero-order chi connectivity index (χ0) is 17.4. The van der Waals surface area contributed by atoms with E-state index >= 15 is 0 Å². The Hall–Kier alpha value is -1.80. The van der Waals surface area contributed by atoms with Crippen molar-refractivity contribution in [2.24, 2.45) is 0 Å². The Morgan fingerprint density at radius 1 is 1.26 bits per heavy atom. The highest BCUT2D eigenvalue weighted by atomic mass is 16.7. The van der Waals surface area contributed by atoms with Gasteiger partial charge in [0.1, 0.15) is 11.4 Å². The summed E-state index contributed by atoms with van der Waals surface area (Å²) in [5, 5.41) is 14.3. The van der Waals surface area contributed by atoms with Crippen LogP contribution in [-0.4, -0.2) is 36.9 Å². The van der Waals surface area contributed by atoms with Gasteiger partial charge in [-0.05, 0) is 34.6 Å². The second kappa shape index (κ2) is 6.01. The summed E-state index contributed by atoms with van der Waals surface area (Å²) in [7, 11) is 0.801. The lowest BCUT2D eigenvalue weighted by Crippen LogP contribution is -2.41. The third kappa shape index (κ3) is 3.14. The molecular formula is C15H23BN2O5. The molecule has 0 aliphatic carbocycles. The van der Waals surface area contributed by atoms with E-state index in [-0.39, 0.29) is 5.69 Å². The molecule has 0 saturated carbocycles. The number of anilines is 1. The van der Waals surface area contributed by atoms with Gasteiger partial charge < -0.3 is 19.4 Å². The summed E-state index contributed by atoms with van der Waals surface area (Å²) in [5.41, 5.74) is -0.165. The van der Waals surface area contributed by atoms with Crippen molar-refractivity contribution >= 4 is 24.0 Å². The zero-order valence-electron chi connectivity index (χ0n) is 14.4. The summed E-state index contributed by atoms with van der Waals surface area (Å²) >= 11 is 0. The van der Waals surface area contributed by atoms with Gasteiger partial charge >= 0.3 is 7.12 Å². The lowest BCUT2D eigenvalue weighted by molar-refractivity contribution is -0.383. The van der Waals surface area contributed by atoms with Crippen LogP contribution < -0.4 is 15.5 Å². The quantitative estimate of drug-likeness (QED) is 0.509.